The zero-order valence-electron chi connectivity index (χ0n) is 18.4. The van der Waals surface area contributed by atoms with Gasteiger partial charge in [-0.1, -0.05) is 36.5 Å². The second-order valence-corrected chi connectivity index (χ2v) is 8.01. The molecule has 0 spiro atoms. The molecular formula is C25H28N2O5. The third-order valence-electron chi connectivity index (χ3n) is 5.81. The van der Waals surface area contributed by atoms with Crippen LogP contribution < -0.4 is 4.74 Å². The summed E-state index contributed by atoms with van der Waals surface area (Å²) in [4.78, 5) is 41.1. The van der Waals surface area contributed by atoms with Crippen molar-refractivity contribution in [2.24, 2.45) is 5.92 Å². The summed E-state index contributed by atoms with van der Waals surface area (Å²) in [5.41, 5.74) is 2.18. The highest BCUT2D eigenvalue weighted by Crippen LogP contribution is 2.31. The molecular weight excluding hydrogens is 408 g/mol. The fourth-order valence-corrected chi connectivity index (χ4v) is 4.12. The first-order valence-electron chi connectivity index (χ1n) is 10.6. The number of carboxylic acid groups (broad SMARTS) is 1. The summed E-state index contributed by atoms with van der Waals surface area (Å²) in [6.45, 7) is 7.04. The van der Waals surface area contributed by atoms with E-state index in [9.17, 15) is 14.4 Å². The molecule has 1 amide bonds. The van der Waals surface area contributed by atoms with E-state index in [1.54, 1.807) is 23.1 Å². The number of aliphatic carboxylic acids is 1. The second kappa shape index (κ2) is 10.1. The van der Waals surface area contributed by atoms with E-state index in [0.717, 1.165) is 19.3 Å². The van der Waals surface area contributed by atoms with Gasteiger partial charge in [0.1, 0.15) is 5.75 Å². The molecule has 0 aliphatic carbocycles. The van der Waals surface area contributed by atoms with E-state index in [1.807, 2.05) is 12.2 Å². The Bertz CT molecular complexity index is 1100. The van der Waals surface area contributed by atoms with E-state index in [2.05, 4.69) is 24.6 Å². The van der Waals surface area contributed by atoms with Gasteiger partial charge in [0.05, 0.1) is 18.2 Å². The number of carbonyl (C=O) groups is 3. The lowest BCUT2D eigenvalue weighted by Gasteiger charge is -2.32. The summed E-state index contributed by atoms with van der Waals surface area (Å²) < 4.78 is 5.41. The van der Waals surface area contributed by atoms with E-state index < -0.39 is 11.8 Å². The van der Waals surface area contributed by atoms with E-state index in [-0.39, 0.29) is 11.5 Å². The maximum Gasteiger partial charge on any atom is 0.377 e. The lowest BCUT2D eigenvalue weighted by atomic mass is 9.90. The Kier molecular flexibility index (Phi) is 7.30. The summed E-state index contributed by atoms with van der Waals surface area (Å²) in [7, 11) is 1.48. The molecule has 2 N–H and O–H groups in total. The monoisotopic (exact) mass is 436 g/mol. The van der Waals surface area contributed by atoms with Crippen LogP contribution in [0.1, 0.15) is 46.9 Å². The van der Waals surface area contributed by atoms with Crippen molar-refractivity contribution in [1.82, 2.24) is 9.88 Å². The molecule has 1 saturated heterocycles. The zero-order chi connectivity index (χ0) is 23.3. The quantitative estimate of drug-likeness (QED) is 0.364. The SMILES string of the molecule is C=C/C=C\C=C(/C)CC1CCN(C(=O)c2cc3c(C(=O)C(=O)O)c[nH]c3cc2OC)CC1. The number of aromatic amines is 1. The van der Waals surface area contributed by atoms with Crippen molar-refractivity contribution in [2.75, 3.05) is 20.2 Å². The number of benzene rings is 1. The molecule has 1 aliphatic rings. The van der Waals surface area contributed by atoms with Crippen LogP contribution in [-0.2, 0) is 4.79 Å². The van der Waals surface area contributed by atoms with Gasteiger partial charge in [0.2, 0.25) is 0 Å². The third kappa shape index (κ3) is 4.99. The number of nitrogens with one attached hydrogen (secondary N) is 1. The molecule has 7 heteroatoms. The molecule has 7 nitrogen and oxygen atoms in total. The number of piperidine rings is 1. The first kappa shape index (κ1) is 23.1. The number of likely N-dealkylation sites (tertiary alicyclic amines) is 1. The number of amides is 1. The molecule has 1 aliphatic heterocycles. The lowest BCUT2D eigenvalue weighted by molar-refractivity contribution is -0.131. The largest absolute Gasteiger partial charge is 0.496 e. The van der Waals surface area contributed by atoms with Gasteiger partial charge in [0.25, 0.3) is 11.7 Å². The van der Waals surface area contributed by atoms with Gasteiger partial charge in [-0.3, -0.25) is 9.59 Å². The van der Waals surface area contributed by atoms with Crippen molar-refractivity contribution < 1.29 is 24.2 Å². The average Bonchev–Trinajstić information content (AvgIpc) is 3.20. The van der Waals surface area contributed by atoms with E-state index in [1.165, 1.54) is 18.9 Å². The number of methoxy groups -OCH3 is 1. The van der Waals surface area contributed by atoms with Crippen molar-refractivity contribution in [3.8, 4) is 5.75 Å². The number of carboxylic acids is 1. The highest BCUT2D eigenvalue weighted by molar-refractivity contribution is 6.42. The number of carbonyl (C=O) groups excluding carboxylic acids is 2. The Morgan fingerprint density at radius 3 is 2.56 bits per heavy atom. The van der Waals surface area contributed by atoms with E-state index in [0.29, 0.717) is 41.2 Å². The highest BCUT2D eigenvalue weighted by Gasteiger charge is 2.27. The van der Waals surface area contributed by atoms with Gasteiger partial charge in [-0.2, -0.15) is 0 Å². The highest BCUT2D eigenvalue weighted by atomic mass is 16.5. The van der Waals surface area contributed by atoms with Crippen LogP contribution in [0.25, 0.3) is 10.9 Å². The average molecular weight is 437 g/mol. The van der Waals surface area contributed by atoms with Crippen molar-refractivity contribution in [3.05, 3.63) is 65.9 Å². The summed E-state index contributed by atoms with van der Waals surface area (Å²) >= 11 is 0. The van der Waals surface area contributed by atoms with Crippen molar-refractivity contribution in [1.29, 1.82) is 0 Å². The Labute approximate surface area is 187 Å². The van der Waals surface area contributed by atoms with Crippen LogP contribution in [0, 0.1) is 5.92 Å². The van der Waals surface area contributed by atoms with Gasteiger partial charge in [-0.05, 0) is 38.2 Å². The fourth-order valence-electron chi connectivity index (χ4n) is 4.12. The van der Waals surface area contributed by atoms with Crippen LogP contribution in [0.4, 0.5) is 0 Å². The number of rotatable bonds is 8. The van der Waals surface area contributed by atoms with Crippen LogP contribution in [-0.4, -0.2) is 52.8 Å². The predicted molar refractivity (Wildman–Crippen MR) is 123 cm³/mol. The van der Waals surface area contributed by atoms with E-state index in [4.69, 9.17) is 9.84 Å². The first-order valence-corrected chi connectivity index (χ1v) is 10.6. The Hall–Kier alpha value is -3.61. The number of hydrogen-bond donors (Lipinski definition) is 2. The predicted octanol–water partition coefficient (Wildman–Crippen LogP) is 4.37. The van der Waals surface area contributed by atoms with Crippen LogP contribution in [0.15, 0.2) is 54.8 Å². The minimum atomic E-state index is -1.54. The Morgan fingerprint density at radius 1 is 1.22 bits per heavy atom. The van der Waals surface area contributed by atoms with Crippen LogP contribution >= 0.6 is 0 Å². The third-order valence-corrected chi connectivity index (χ3v) is 5.81. The Morgan fingerprint density at radius 2 is 1.94 bits per heavy atom. The smallest absolute Gasteiger partial charge is 0.377 e. The molecule has 2 heterocycles. The van der Waals surface area contributed by atoms with Crippen LogP contribution in [0.2, 0.25) is 0 Å². The molecule has 1 aromatic heterocycles. The molecule has 1 fully saturated rings. The molecule has 1 aromatic carbocycles. The fraction of sp³-hybridized carbons (Fsp3) is 0.320. The molecule has 0 unspecified atom stereocenters. The number of H-pyrrole nitrogens is 1. The molecule has 0 bridgehead atoms. The van der Waals surface area contributed by atoms with Gasteiger partial charge >= 0.3 is 5.97 Å². The number of fused-ring (bicyclic) bond motifs is 1. The zero-order valence-corrected chi connectivity index (χ0v) is 18.4. The van der Waals surface area contributed by atoms with Gasteiger partial charge in [0, 0.05) is 36.3 Å². The lowest BCUT2D eigenvalue weighted by Crippen LogP contribution is -2.38. The number of nitrogens with zero attached hydrogens (tertiary/aromatic N) is 1. The molecule has 168 valence electrons. The van der Waals surface area contributed by atoms with Crippen LogP contribution in [0.5, 0.6) is 5.75 Å². The van der Waals surface area contributed by atoms with E-state index >= 15 is 0 Å². The second-order valence-electron chi connectivity index (χ2n) is 8.01. The maximum atomic E-state index is 13.3. The van der Waals surface area contributed by atoms with Crippen molar-refractivity contribution in [2.45, 2.75) is 26.2 Å². The Balaban J connectivity index is 1.77. The topological polar surface area (TPSA) is 99.7 Å². The number of ether oxygens (including phenoxy) is 1. The van der Waals surface area contributed by atoms with Crippen LogP contribution in [0.3, 0.4) is 0 Å². The number of aromatic nitrogens is 1. The van der Waals surface area contributed by atoms with Gasteiger partial charge in [0.15, 0.2) is 0 Å². The standard InChI is InChI=1S/C25H28N2O5/c1-4-5-6-7-16(2)12-17-8-10-27(11-9-17)24(29)19-13-18-20(23(28)25(30)31)15-26-21(18)14-22(19)32-3/h4-7,13-15,17,26H,1,8-12H2,2-3H3,(H,30,31)/b6-5-,16-7+. The normalized spacial score (nSPS) is 15.3. The number of allylic oxidation sites excluding steroid dienone is 5. The molecule has 0 radical (unpaired) electrons. The summed E-state index contributed by atoms with van der Waals surface area (Å²) in [5.74, 6) is -1.85. The van der Waals surface area contributed by atoms with Gasteiger partial charge in [-0.25, -0.2) is 4.79 Å². The minimum Gasteiger partial charge on any atom is -0.496 e. The minimum absolute atomic E-state index is 0.0238. The number of ketones is 1. The van der Waals surface area contributed by atoms with Crippen molar-refractivity contribution >= 4 is 28.6 Å². The maximum absolute atomic E-state index is 13.3. The molecule has 2 aromatic rings. The number of hydrogen-bond acceptors (Lipinski definition) is 4. The summed E-state index contributed by atoms with van der Waals surface area (Å²) in [5, 5.41) is 9.46. The van der Waals surface area contributed by atoms with Gasteiger partial charge < -0.3 is 19.7 Å². The molecule has 0 saturated carbocycles. The molecule has 3 rings (SSSR count). The molecule has 32 heavy (non-hydrogen) atoms. The number of Topliss-reactive ketones (excluding diaryl/α,β-unsaturated/α-hetero) is 1. The van der Waals surface area contributed by atoms with Crippen molar-refractivity contribution in [3.63, 3.8) is 0 Å². The molecule has 0 atom stereocenters. The first-order chi connectivity index (χ1) is 15.3. The summed E-state index contributed by atoms with van der Waals surface area (Å²) in [6, 6.07) is 3.17. The summed E-state index contributed by atoms with van der Waals surface area (Å²) in [6.07, 6.45) is 11.9. The van der Waals surface area contributed by atoms with Gasteiger partial charge in [-0.15, -0.1) is 0 Å².